The molecule has 0 unspecified atom stereocenters. The predicted molar refractivity (Wildman–Crippen MR) is 112 cm³/mol. The molecule has 0 aliphatic heterocycles. The van der Waals surface area contributed by atoms with Crippen LogP contribution < -0.4 is 10.5 Å². The molecule has 0 atom stereocenters. The molecule has 11 nitrogen and oxygen atoms in total. The fraction of sp³-hybridized carbons (Fsp3) is 0.300. The van der Waals surface area contributed by atoms with Gasteiger partial charge in [0.05, 0.1) is 36.8 Å². The van der Waals surface area contributed by atoms with Crippen molar-refractivity contribution in [2.24, 2.45) is 0 Å². The molecule has 4 aromatic rings. The molecular formula is C20H22N8O3. The van der Waals surface area contributed by atoms with E-state index in [1.807, 2.05) is 23.0 Å². The van der Waals surface area contributed by atoms with Crippen LogP contribution in [0.25, 0.3) is 16.9 Å². The summed E-state index contributed by atoms with van der Waals surface area (Å²) >= 11 is 0. The van der Waals surface area contributed by atoms with Crippen LogP contribution in [0.2, 0.25) is 0 Å². The lowest BCUT2D eigenvalue weighted by molar-refractivity contribution is -0.137. The fourth-order valence-corrected chi connectivity index (χ4v) is 3.06. The summed E-state index contributed by atoms with van der Waals surface area (Å²) in [6.07, 6.45) is 7.66. The molecule has 160 valence electrons. The van der Waals surface area contributed by atoms with Crippen LogP contribution in [0.5, 0.6) is 5.75 Å². The average Bonchev–Trinajstić information content (AvgIpc) is 3.37. The van der Waals surface area contributed by atoms with Gasteiger partial charge in [-0.1, -0.05) is 5.21 Å². The number of nitrogens with zero attached hydrogens (tertiary/aromatic N) is 7. The Bertz CT molecular complexity index is 1170. The van der Waals surface area contributed by atoms with E-state index in [1.54, 1.807) is 29.2 Å². The number of aliphatic carboxylic acids is 1. The molecule has 0 spiro atoms. The molecule has 4 rings (SSSR count). The monoisotopic (exact) mass is 422 g/mol. The molecule has 3 aromatic heterocycles. The van der Waals surface area contributed by atoms with Crippen molar-refractivity contribution in [3.05, 3.63) is 48.7 Å². The van der Waals surface area contributed by atoms with Crippen LogP contribution in [0.1, 0.15) is 25.1 Å². The minimum absolute atomic E-state index is 0.0504. The predicted octanol–water partition coefficient (Wildman–Crippen LogP) is 1.87. The van der Waals surface area contributed by atoms with Crippen molar-refractivity contribution in [2.75, 3.05) is 12.3 Å². The van der Waals surface area contributed by atoms with Gasteiger partial charge in [-0.3, -0.25) is 9.48 Å². The van der Waals surface area contributed by atoms with Gasteiger partial charge in [0, 0.05) is 19.2 Å². The Hall–Kier alpha value is -4.02. The maximum absolute atomic E-state index is 10.6. The smallest absolute Gasteiger partial charge is 0.306 e. The first-order chi connectivity index (χ1) is 15.1. The number of rotatable bonds is 10. The van der Waals surface area contributed by atoms with Crippen molar-refractivity contribution >= 4 is 22.8 Å². The Morgan fingerprint density at radius 1 is 1.16 bits per heavy atom. The van der Waals surface area contributed by atoms with Gasteiger partial charge in [-0.25, -0.2) is 9.97 Å². The fourth-order valence-electron chi connectivity index (χ4n) is 3.06. The zero-order valence-electron chi connectivity index (χ0n) is 16.8. The maximum atomic E-state index is 10.6. The molecule has 3 heterocycles. The van der Waals surface area contributed by atoms with E-state index < -0.39 is 5.97 Å². The van der Waals surface area contributed by atoms with Crippen LogP contribution in [-0.2, 0) is 17.8 Å². The van der Waals surface area contributed by atoms with E-state index in [1.165, 1.54) is 0 Å². The Balaban J connectivity index is 1.40. The Labute approximate surface area is 177 Å². The van der Waals surface area contributed by atoms with Crippen molar-refractivity contribution in [3.63, 3.8) is 0 Å². The summed E-state index contributed by atoms with van der Waals surface area (Å²) in [7, 11) is 0. The Morgan fingerprint density at radius 2 is 2.00 bits per heavy atom. The first-order valence-corrected chi connectivity index (χ1v) is 9.89. The highest BCUT2D eigenvalue weighted by molar-refractivity contribution is 5.70. The molecule has 0 aliphatic rings. The lowest BCUT2D eigenvalue weighted by atomic mass is 10.2. The number of hydrogen-bond acceptors (Lipinski definition) is 8. The summed E-state index contributed by atoms with van der Waals surface area (Å²) in [6.45, 7) is 0.908. The number of aromatic nitrogens is 7. The lowest BCUT2D eigenvalue weighted by Crippen LogP contribution is -2.05. The number of nitrogen functional groups attached to an aromatic ring is 1. The van der Waals surface area contributed by atoms with E-state index in [0.717, 1.165) is 37.3 Å². The molecular weight excluding hydrogens is 400 g/mol. The van der Waals surface area contributed by atoms with Crippen molar-refractivity contribution in [1.82, 2.24) is 34.7 Å². The molecule has 11 heteroatoms. The van der Waals surface area contributed by atoms with E-state index in [2.05, 4.69) is 25.4 Å². The van der Waals surface area contributed by atoms with Gasteiger partial charge >= 0.3 is 5.97 Å². The number of fused-ring (bicyclic) bond motifs is 1. The Kier molecular flexibility index (Phi) is 6.01. The number of benzene rings is 1. The second kappa shape index (κ2) is 9.20. The number of unbranched alkanes of at least 4 members (excludes halogenated alkanes) is 1. The molecule has 0 bridgehead atoms. The number of carboxylic acid groups (broad SMARTS) is 1. The van der Waals surface area contributed by atoms with Gasteiger partial charge in [-0.05, 0) is 37.1 Å². The van der Waals surface area contributed by atoms with Crippen molar-refractivity contribution in [1.29, 1.82) is 0 Å². The SMILES string of the molecule is Nc1cnn(CCCCc2ncc3nnn(-c4ccc(OCCC(=O)O)cc4)c3n2)c1. The molecule has 0 saturated heterocycles. The number of carboxylic acids is 1. The molecule has 3 N–H and O–H groups in total. The van der Waals surface area contributed by atoms with Gasteiger partial charge in [0.15, 0.2) is 11.2 Å². The zero-order valence-corrected chi connectivity index (χ0v) is 16.8. The molecule has 1 aromatic carbocycles. The van der Waals surface area contributed by atoms with E-state index in [9.17, 15) is 4.79 Å². The highest BCUT2D eigenvalue weighted by atomic mass is 16.5. The minimum Gasteiger partial charge on any atom is -0.493 e. The summed E-state index contributed by atoms with van der Waals surface area (Å²) in [6, 6.07) is 7.16. The van der Waals surface area contributed by atoms with Gasteiger partial charge in [-0.15, -0.1) is 5.10 Å². The van der Waals surface area contributed by atoms with Crippen LogP contribution in [-0.4, -0.2) is 52.4 Å². The largest absolute Gasteiger partial charge is 0.493 e. The minimum atomic E-state index is -0.896. The maximum Gasteiger partial charge on any atom is 0.306 e. The molecule has 0 saturated carbocycles. The third kappa shape index (κ3) is 5.13. The summed E-state index contributed by atoms with van der Waals surface area (Å²) in [5, 5.41) is 21.2. The van der Waals surface area contributed by atoms with Crippen molar-refractivity contribution in [3.8, 4) is 11.4 Å². The van der Waals surface area contributed by atoms with Gasteiger partial charge in [0.25, 0.3) is 0 Å². The summed E-state index contributed by atoms with van der Waals surface area (Å²) in [4.78, 5) is 19.6. The standard InChI is InChI=1S/C20H22N8O3/c21-14-11-23-27(13-14)9-2-1-3-18-22-12-17-20(24-18)28(26-25-17)15-4-6-16(7-5-15)31-10-8-19(29)30/h4-7,11-13H,1-3,8-10,21H2,(H,29,30). The number of nitrogens with two attached hydrogens (primary N) is 1. The average molecular weight is 422 g/mol. The molecule has 0 aliphatic carbocycles. The summed E-state index contributed by atoms with van der Waals surface area (Å²) in [5.74, 6) is 0.417. The molecule has 0 amide bonds. The normalized spacial score (nSPS) is 11.1. The number of ether oxygens (including phenoxy) is 1. The second-order valence-electron chi connectivity index (χ2n) is 6.98. The number of hydrogen-bond donors (Lipinski definition) is 2. The van der Waals surface area contributed by atoms with E-state index in [0.29, 0.717) is 22.6 Å². The van der Waals surface area contributed by atoms with Crippen LogP contribution in [0.3, 0.4) is 0 Å². The molecule has 0 fully saturated rings. The quantitative estimate of drug-likeness (QED) is 0.365. The molecule has 31 heavy (non-hydrogen) atoms. The number of aryl methyl sites for hydroxylation is 2. The van der Waals surface area contributed by atoms with Gasteiger partial charge in [-0.2, -0.15) is 9.78 Å². The number of carbonyl (C=O) groups is 1. The third-order valence-electron chi connectivity index (χ3n) is 4.60. The van der Waals surface area contributed by atoms with Gasteiger partial charge in [0.2, 0.25) is 0 Å². The first-order valence-electron chi connectivity index (χ1n) is 9.89. The van der Waals surface area contributed by atoms with Crippen LogP contribution in [0, 0.1) is 0 Å². The Morgan fingerprint density at radius 3 is 2.74 bits per heavy atom. The van der Waals surface area contributed by atoms with Crippen LogP contribution in [0.15, 0.2) is 42.9 Å². The van der Waals surface area contributed by atoms with Crippen LogP contribution >= 0.6 is 0 Å². The van der Waals surface area contributed by atoms with E-state index in [4.69, 9.17) is 15.6 Å². The second-order valence-corrected chi connectivity index (χ2v) is 6.98. The highest BCUT2D eigenvalue weighted by Gasteiger charge is 2.10. The van der Waals surface area contributed by atoms with Crippen molar-refractivity contribution in [2.45, 2.75) is 32.2 Å². The van der Waals surface area contributed by atoms with E-state index >= 15 is 0 Å². The van der Waals surface area contributed by atoms with Crippen molar-refractivity contribution < 1.29 is 14.6 Å². The highest BCUT2D eigenvalue weighted by Crippen LogP contribution is 2.18. The van der Waals surface area contributed by atoms with Crippen LogP contribution in [0.4, 0.5) is 5.69 Å². The summed E-state index contributed by atoms with van der Waals surface area (Å²) < 4.78 is 8.89. The lowest BCUT2D eigenvalue weighted by Gasteiger charge is -2.06. The van der Waals surface area contributed by atoms with Gasteiger partial charge in [0.1, 0.15) is 11.6 Å². The third-order valence-corrected chi connectivity index (χ3v) is 4.60. The zero-order chi connectivity index (χ0) is 21.6. The van der Waals surface area contributed by atoms with E-state index in [-0.39, 0.29) is 13.0 Å². The molecule has 0 radical (unpaired) electrons. The summed E-state index contributed by atoms with van der Waals surface area (Å²) in [5.41, 5.74) is 8.34. The van der Waals surface area contributed by atoms with Gasteiger partial charge < -0.3 is 15.6 Å². The first kappa shape index (κ1) is 20.3. The number of anilines is 1. The topological polar surface area (TPSA) is 147 Å².